The van der Waals surface area contributed by atoms with Crippen LogP contribution in [-0.2, 0) is 0 Å². The highest BCUT2D eigenvalue weighted by atomic mass is 16.4. The van der Waals surface area contributed by atoms with Crippen molar-refractivity contribution >= 4 is 17.9 Å². The normalized spacial score (nSPS) is 11.7. The number of allylic oxidation sites excluding steroid dienone is 1. The van der Waals surface area contributed by atoms with Crippen LogP contribution >= 0.6 is 0 Å². The molecule has 26 heavy (non-hydrogen) atoms. The second kappa shape index (κ2) is 8.39. The Kier molecular flexibility index (Phi) is 5.74. The van der Waals surface area contributed by atoms with E-state index >= 15 is 0 Å². The summed E-state index contributed by atoms with van der Waals surface area (Å²) < 4.78 is 5.82. The quantitative estimate of drug-likeness (QED) is 0.528. The van der Waals surface area contributed by atoms with Gasteiger partial charge in [-0.15, -0.1) is 10.2 Å². The van der Waals surface area contributed by atoms with Gasteiger partial charge in [-0.2, -0.15) is 0 Å². The van der Waals surface area contributed by atoms with Crippen molar-refractivity contribution in [2.24, 2.45) is 5.92 Å². The van der Waals surface area contributed by atoms with Crippen LogP contribution in [0.15, 0.2) is 59.0 Å². The molecule has 4 heteroatoms. The average molecular weight is 346 g/mol. The van der Waals surface area contributed by atoms with Crippen molar-refractivity contribution in [3.05, 3.63) is 71.6 Å². The molecule has 0 aliphatic heterocycles. The number of nitrogens with zero attached hydrogens (tertiary/aromatic N) is 2. The molecule has 0 unspecified atom stereocenters. The van der Waals surface area contributed by atoms with Gasteiger partial charge in [0.2, 0.25) is 11.8 Å². The van der Waals surface area contributed by atoms with Crippen LogP contribution in [0.4, 0.5) is 0 Å². The molecule has 0 aliphatic carbocycles. The monoisotopic (exact) mass is 346 g/mol. The summed E-state index contributed by atoms with van der Waals surface area (Å²) in [4.78, 5) is 10.8. The second-order valence-corrected chi connectivity index (χ2v) is 6.65. The molecular formula is C22H22N2O2. The summed E-state index contributed by atoms with van der Waals surface area (Å²) in [7, 11) is 0. The Labute approximate surface area is 153 Å². The molecule has 0 atom stereocenters. The molecule has 132 valence electrons. The molecule has 0 amide bonds. The van der Waals surface area contributed by atoms with E-state index in [1.807, 2.05) is 36.4 Å². The summed E-state index contributed by atoms with van der Waals surface area (Å²) in [5.74, 6) is 1.56. The van der Waals surface area contributed by atoms with Crippen LogP contribution in [0.1, 0.15) is 48.5 Å². The first-order chi connectivity index (χ1) is 12.7. The molecule has 1 heterocycles. The molecular weight excluding hydrogens is 324 g/mol. The van der Waals surface area contributed by atoms with Gasteiger partial charge in [-0.05, 0) is 42.0 Å². The molecule has 4 nitrogen and oxygen atoms in total. The first-order valence-electron chi connectivity index (χ1n) is 8.81. The zero-order valence-corrected chi connectivity index (χ0v) is 15.1. The Bertz CT molecular complexity index is 878. The zero-order valence-electron chi connectivity index (χ0n) is 15.1. The van der Waals surface area contributed by atoms with Gasteiger partial charge >= 0.3 is 0 Å². The van der Waals surface area contributed by atoms with E-state index in [2.05, 4.69) is 36.2 Å². The molecule has 0 radical (unpaired) electrons. The Morgan fingerprint density at radius 3 is 2.42 bits per heavy atom. The number of carbonyl (C=O) groups is 1. The number of benzene rings is 2. The van der Waals surface area contributed by atoms with Gasteiger partial charge in [0.25, 0.3) is 0 Å². The van der Waals surface area contributed by atoms with Gasteiger partial charge < -0.3 is 4.42 Å². The van der Waals surface area contributed by atoms with Gasteiger partial charge in [-0.3, -0.25) is 4.79 Å². The summed E-state index contributed by atoms with van der Waals surface area (Å²) >= 11 is 0. The average Bonchev–Trinajstić information content (AvgIpc) is 3.14. The third-order valence-electron chi connectivity index (χ3n) is 4.17. The highest BCUT2D eigenvalue weighted by Gasteiger charge is 2.10. The van der Waals surface area contributed by atoms with Crippen LogP contribution in [0, 0.1) is 5.92 Å². The Morgan fingerprint density at radius 1 is 1.04 bits per heavy atom. The minimum atomic E-state index is 0.449. The van der Waals surface area contributed by atoms with E-state index < -0.39 is 0 Å². The third kappa shape index (κ3) is 4.54. The molecule has 2 aromatic carbocycles. The van der Waals surface area contributed by atoms with E-state index in [0.29, 0.717) is 23.3 Å². The minimum absolute atomic E-state index is 0.449. The lowest BCUT2D eigenvalue weighted by Crippen LogP contribution is -1.91. The summed E-state index contributed by atoms with van der Waals surface area (Å²) in [5.41, 5.74) is 3.77. The molecule has 3 aromatic rings. The van der Waals surface area contributed by atoms with Crippen LogP contribution in [-0.4, -0.2) is 16.5 Å². The fourth-order valence-electron chi connectivity index (χ4n) is 2.66. The lowest BCUT2D eigenvalue weighted by Gasteiger charge is -2.09. The Balaban J connectivity index is 1.87. The van der Waals surface area contributed by atoms with E-state index in [0.717, 1.165) is 24.7 Å². The number of carbonyl (C=O) groups excluding carboxylic acids is 1. The molecule has 0 bridgehead atoms. The van der Waals surface area contributed by atoms with Crippen LogP contribution in [0.5, 0.6) is 0 Å². The first kappa shape index (κ1) is 17.8. The minimum Gasteiger partial charge on any atom is -0.417 e. The fraction of sp³-hybridized carbons (Fsp3) is 0.227. The van der Waals surface area contributed by atoms with E-state index in [4.69, 9.17) is 4.42 Å². The second-order valence-electron chi connectivity index (χ2n) is 6.65. The topological polar surface area (TPSA) is 56.0 Å². The largest absolute Gasteiger partial charge is 0.417 e. The fourth-order valence-corrected chi connectivity index (χ4v) is 2.66. The molecule has 1 aromatic heterocycles. The van der Waals surface area contributed by atoms with Gasteiger partial charge in [0.1, 0.15) is 6.29 Å². The molecule has 0 aliphatic rings. The van der Waals surface area contributed by atoms with Crippen molar-refractivity contribution in [1.82, 2.24) is 10.2 Å². The maximum Gasteiger partial charge on any atom is 0.248 e. The van der Waals surface area contributed by atoms with Crippen molar-refractivity contribution in [2.45, 2.75) is 26.7 Å². The number of hydrogen-bond acceptors (Lipinski definition) is 4. The summed E-state index contributed by atoms with van der Waals surface area (Å²) in [6.45, 7) is 4.44. The van der Waals surface area contributed by atoms with E-state index in [1.165, 1.54) is 11.1 Å². The zero-order chi connectivity index (χ0) is 18.4. The highest BCUT2D eigenvalue weighted by molar-refractivity contribution is 5.79. The molecule has 0 spiro atoms. The number of aldehydes is 1. The maximum absolute atomic E-state index is 10.8. The van der Waals surface area contributed by atoms with Gasteiger partial charge in [0.15, 0.2) is 0 Å². The van der Waals surface area contributed by atoms with Gasteiger partial charge in [0, 0.05) is 17.2 Å². The smallest absolute Gasteiger partial charge is 0.248 e. The SMILES string of the molecule is CC(C)CCC(=Cc1nnc(-c2ccc(C=O)cc2)o1)c1ccccc1. The standard InChI is InChI=1S/C22H22N2O2/c1-16(2)8-11-20(18-6-4-3-5-7-18)14-21-23-24-22(26-21)19-12-9-17(15-25)10-13-19/h3-7,9-10,12-16H,8,11H2,1-2H3. The molecule has 0 fully saturated rings. The van der Waals surface area contributed by atoms with E-state index in [-0.39, 0.29) is 0 Å². The highest BCUT2D eigenvalue weighted by Crippen LogP contribution is 2.26. The lowest BCUT2D eigenvalue weighted by molar-refractivity contribution is 0.112. The maximum atomic E-state index is 10.8. The molecule has 3 rings (SSSR count). The van der Waals surface area contributed by atoms with Crippen LogP contribution in [0.2, 0.25) is 0 Å². The van der Waals surface area contributed by atoms with Gasteiger partial charge in [0.05, 0.1) is 0 Å². The predicted molar refractivity (Wildman–Crippen MR) is 104 cm³/mol. The van der Waals surface area contributed by atoms with E-state index in [9.17, 15) is 4.79 Å². The van der Waals surface area contributed by atoms with Gasteiger partial charge in [-0.1, -0.05) is 56.3 Å². The number of rotatable bonds is 7. The number of hydrogen-bond donors (Lipinski definition) is 0. The molecule has 0 saturated heterocycles. The Morgan fingerprint density at radius 2 is 1.77 bits per heavy atom. The van der Waals surface area contributed by atoms with Gasteiger partial charge in [-0.25, -0.2) is 0 Å². The molecule has 0 saturated carbocycles. The number of aromatic nitrogens is 2. The van der Waals surface area contributed by atoms with Crippen molar-refractivity contribution < 1.29 is 9.21 Å². The predicted octanol–water partition coefficient (Wildman–Crippen LogP) is 5.53. The first-order valence-corrected chi connectivity index (χ1v) is 8.81. The summed E-state index contributed by atoms with van der Waals surface area (Å²) in [5, 5.41) is 8.30. The lowest BCUT2D eigenvalue weighted by atomic mass is 9.97. The van der Waals surface area contributed by atoms with Crippen molar-refractivity contribution in [3.63, 3.8) is 0 Å². The van der Waals surface area contributed by atoms with Crippen LogP contribution < -0.4 is 0 Å². The summed E-state index contributed by atoms with van der Waals surface area (Å²) in [6, 6.07) is 17.4. The van der Waals surface area contributed by atoms with Crippen molar-refractivity contribution in [3.8, 4) is 11.5 Å². The summed E-state index contributed by atoms with van der Waals surface area (Å²) in [6.07, 6.45) is 4.82. The van der Waals surface area contributed by atoms with Crippen LogP contribution in [0.3, 0.4) is 0 Å². The van der Waals surface area contributed by atoms with E-state index in [1.54, 1.807) is 12.1 Å². The Hall–Kier alpha value is -3.01. The van der Waals surface area contributed by atoms with Crippen LogP contribution in [0.25, 0.3) is 23.1 Å². The van der Waals surface area contributed by atoms with Crippen molar-refractivity contribution in [2.75, 3.05) is 0 Å². The van der Waals surface area contributed by atoms with Crippen molar-refractivity contribution in [1.29, 1.82) is 0 Å². The molecule has 0 N–H and O–H groups in total. The third-order valence-corrected chi connectivity index (χ3v) is 4.17.